The van der Waals surface area contributed by atoms with E-state index in [1.54, 1.807) is 12.1 Å². The third-order valence-corrected chi connectivity index (χ3v) is 9.29. The molecule has 0 aromatic heterocycles. The van der Waals surface area contributed by atoms with Crippen molar-refractivity contribution in [2.45, 2.75) is 27.8 Å². The van der Waals surface area contributed by atoms with Crippen molar-refractivity contribution in [3.05, 3.63) is 24.0 Å². The number of carbonyl (C=O) groups is 2. The van der Waals surface area contributed by atoms with E-state index in [0.29, 0.717) is 12.2 Å². The van der Waals surface area contributed by atoms with Crippen LogP contribution in [0.15, 0.2) is 18.2 Å². The van der Waals surface area contributed by atoms with Crippen LogP contribution in [0.1, 0.15) is 6.92 Å². The summed E-state index contributed by atoms with van der Waals surface area (Å²) in [5, 5.41) is 2.61. The normalized spacial score (nSPS) is 18.3. The maximum atomic E-state index is 14.3. The molecule has 0 bridgehead atoms. The molecule has 0 unspecified atom stereocenters. The second kappa shape index (κ2) is 6.44. The molecule has 5 nitrogen and oxygen atoms in total. The summed E-state index contributed by atoms with van der Waals surface area (Å²) < 4.78 is 20.3. The third kappa shape index (κ3) is 3.91. The number of anilines is 1. The monoisotopic (exact) mass is 416 g/mol. The van der Waals surface area contributed by atoms with E-state index in [1.807, 2.05) is 0 Å². The first kappa shape index (κ1) is 17.0. The Balaban J connectivity index is 2.14. The predicted octanol–water partition coefficient (Wildman–Crippen LogP) is 1.83. The number of halogens is 1. The molecule has 120 valence electrons. The Morgan fingerprint density at radius 3 is 2.68 bits per heavy atom. The van der Waals surface area contributed by atoms with Gasteiger partial charge in [0.2, 0.25) is 0 Å². The van der Waals surface area contributed by atoms with Crippen LogP contribution in [-0.4, -0.2) is 49.6 Å². The van der Waals surface area contributed by atoms with Crippen LogP contribution in [0.3, 0.4) is 0 Å². The molecule has 2 amide bonds. The zero-order valence-corrected chi connectivity index (χ0v) is 16.1. The van der Waals surface area contributed by atoms with Crippen LogP contribution >= 0.6 is 0 Å². The van der Waals surface area contributed by atoms with E-state index in [-0.39, 0.29) is 18.3 Å². The fourth-order valence-corrected chi connectivity index (χ4v) is 6.29. The molecule has 1 aromatic rings. The van der Waals surface area contributed by atoms with Gasteiger partial charge in [0, 0.05) is 0 Å². The second-order valence-corrected chi connectivity index (χ2v) is 20.8. The van der Waals surface area contributed by atoms with Crippen molar-refractivity contribution in [3.8, 4) is 0 Å². The summed E-state index contributed by atoms with van der Waals surface area (Å²) in [5.41, 5.74) is 0.493. The van der Waals surface area contributed by atoms with E-state index < -0.39 is 30.6 Å². The zero-order valence-electron chi connectivity index (χ0n) is 13.3. The minimum atomic E-state index is -2.50. The van der Waals surface area contributed by atoms with Gasteiger partial charge in [0.1, 0.15) is 0 Å². The summed E-state index contributed by atoms with van der Waals surface area (Å²) in [5.74, 6) is -0.429. The number of ether oxygens (including phenoxy) is 1. The molecule has 0 aliphatic carbocycles. The van der Waals surface area contributed by atoms with Gasteiger partial charge >= 0.3 is 134 Å². The number of cyclic esters (lactones) is 1. The fourth-order valence-electron chi connectivity index (χ4n) is 2.38. The van der Waals surface area contributed by atoms with Gasteiger partial charge in [-0.1, -0.05) is 0 Å². The Morgan fingerprint density at radius 1 is 1.45 bits per heavy atom. The standard InChI is InChI=1S/C12H12FN2O3.3CH3.Sn/c1-8(16)14-6-11-7-15(12(17)18-11)10-4-2-3-9(13)5-10;;;;/h2,4-5,11H,6-7H2,1H3,(H,14,16);3*1H3;/t11-;;;;/m0..../s1. The molecule has 1 aliphatic heterocycles. The molecule has 1 aliphatic rings. The molecule has 1 fully saturated rings. The number of hydrogen-bond acceptors (Lipinski definition) is 3. The SMILES string of the molecule is CC(=O)NC[C@H]1CN(c2cc[c]([Sn]([CH3])([CH3])[CH3])c(F)c2)C(=O)O1. The number of hydrogen-bond donors (Lipinski definition) is 1. The third-order valence-electron chi connectivity index (χ3n) is 3.53. The molecule has 0 saturated carbocycles. The van der Waals surface area contributed by atoms with Crippen molar-refractivity contribution in [1.29, 1.82) is 0 Å². The summed E-state index contributed by atoms with van der Waals surface area (Å²) in [6, 6.07) is 4.96. The number of rotatable bonds is 4. The predicted molar refractivity (Wildman–Crippen MR) is 85.7 cm³/mol. The van der Waals surface area contributed by atoms with Gasteiger partial charge in [0.05, 0.1) is 0 Å². The topological polar surface area (TPSA) is 58.6 Å². The first-order valence-electron chi connectivity index (χ1n) is 7.21. The van der Waals surface area contributed by atoms with E-state index in [0.717, 1.165) is 3.58 Å². The van der Waals surface area contributed by atoms with Gasteiger partial charge in [-0.3, -0.25) is 0 Å². The van der Waals surface area contributed by atoms with Crippen molar-refractivity contribution in [1.82, 2.24) is 5.32 Å². The zero-order chi connectivity index (χ0) is 16.5. The molecule has 22 heavy (non-hydrogen) atoms. The van der Waals surface area contributed by atoms with Crippen molar-refractivity contribution in [2.75, 3.05) is 18.0 Å². The summed E-state index contributed by atoms with van der Waals surface area (Å²) >= 11 is -2.50. The maximum absolute atomic E-state index is 14.3. The van der Waals surface area contributed by atoms with Gasteiger partial charge in [0.25, 0.3) is 0 Å². The van der Waals surface area contributed by atoms with Crippen LogP contribution in [0.25, 0.3) is 0 Å². The van der Waals surface area contributed by atoms with Crippen LogP contribution < -0.4 is 13.8 Å². The number of nitrogens with zero attached hydrogens (tertiary/aromatic N) is 1. The Morgan fingerprint density at radius 2 is 2.14 bits per heavy atom. The number of nitrogens with one attached hydrogen (secondary N) is 1. The summed E-state index contributed by atoms with van der Waals surface area (Å²) in [4.78, 5) is 30.6. The van der Waals surface area contributed by atoms with Gasteiger partial charge in [-0.25, -0.2) is 0 Å². The molecule has 1 saturated heterocycles. The van der Waals surface area contributed by atoms with Gasteiger partial charge < -0.3 is 0 Å². The molecule has 1 atom stereocenters. The van der Waals surface area contributed by atoms with Crippen molar-refractivity contribution in [3.63, 3.8) is 0 Å². The second-order valence-electron chi connectivity index (χ2n) is 6.47. The van der Waals surface area contributed by atoms with Crippen LogP contribution in [0.2, 0.25) is 14.8 Å². The Hall–Kier alpha value is -1.31. The molecular formula is C15H21FN2O3Sn. The molecular weight excluding hydrogens is 394 g/mol. The minimum absolute atomic E-state index is 0.178. The Labute approximate surface area is 133 Å². The van der Waals surface area contributed by atoms with E-state index in [2.05, 4.69) is 20.1 Å². The van der Waals surface area contributed by atoms with E-state index >= 15 is 0 Å². The van der Waals surface area contributed by atoms with Gasteiger partial charge in [-0.2, -0.15) is 0 Å². The van der Waals surface area contributed by atoms with Crippen LogP contribution in [0.4, 0.5) is 14.9 Å². The first-order chi connectivity index (χ1) is 10.2. The number of carbonyl (C=O) groups excluding carboxylic acids is 2. The van der Waals surface area contributed by atoms with Crippen molar-refractivity contribution in [2.24, 2.45) is 0 Å². The molecule has 1 N–H and O–H groups in total. The van der Waals surface area contributed by atoms with Gasteiger partial charge in [-0.05, 0) is 0 Å². The average molecular weight is 415 g/mol. The van der Waals surface area contributed by atoms with Crippen molar-refractivity contribution < 1.29 is 18.7 Å². The Bertz CT molecular complexity index is 601. The fraction of sp³-hybridized carbons (Fsp3) is 0.467. The molecule has 1 aromatic carbocycles. The molecule has 0 spiro atoms. The quantitative estimate of drug-likeness (QED) is 0.764. The molecule has 1 heterocycles. The van der Waals surface area contributed by atoms with Crippen LogP contribution in [0, 0.1) is 5.82 Å². The number of benzene rings is 1. The van der Waals surface area contributed by atoms with E-state index in [4.69, 9.17) is 4.74 Å². The summed E-state index contributed by atoms with van der Waals surface area (Å²) in [6.07, 6.45) is -0.928. The molecule has 7 heteroatoms. The van der Waals surface area contributed by atoms with Crippen LogP contribution in [-0.2, 0) is 9.53 Å². The van der Waals surface area contributed by atoms with E-state index in [9.17, 15) is 14.0 Å². The number of amides is 2. The average Bonchev–Trinajstić information content (AvgIpc) is 2.76. The summed E-state index contributed by atoms with van der Waals surface area (Å²) in [6.45, 7) is 1.97. The molecule has 0 radical (unpaired) electrons. The van der Waals surface area contributed by atoms with Crippen LogP contribution in [0.5, 0.6) is 0 Å². The van der Waals surface area contributed by atoms with Gasteiger partial charge in [0.15, 0.2) is 0 Å². The first-order valence-corrected chi connectivity index (χ1v) is 17.2. The van der Waals surface area contributed by atoms with E-state index in [1.165, 1.54) is 17.9 Å². The molecule has 2 rings (SSSR count). The summed E-state index contributed by atoms with van der Waals surface area (Å²) in [7, 11) is 0. The van der Waals surface area contributed by atoms with Gasteiger partial charge in [-0.15, -0.1) is 0 Å². The van der Waals surface area contributed by atoms with Crippen molar-refractivity contribution >= 4 is 39.6 Å². The Kier molecular flexibility index (Phi) is 4.99.